The summed E-state index contributed by atoms with van der Waals surface area (Å²) in [6.07, 6.45) is 0. The van der Waals surface area contributed by atoms with Gasteiger partial charge in [0.25, 0.3) is 0 Å². The summed E-state index contributed by atoms with van der Waals surface area (Å²) in [5.74, 6) is 0.558. The van der Waals surface area contributed by atoms with Gasteiger partial charge in [0.2, 0.25) is 0 Å². The van der Waals surface area contributed by atoms with Gasteiger partial charge in [-0.25, -0.2) is 0 Å². The number of phenolic OH excluding ortho intramolecular Hbond substituents is 2. The highest BCUT2D eigenvalue weighted by atomic mass is 16.3. The third kappa shape index (κ3) is 3.19. The number of benzene rings is 7. The van der Waals surface area contributed by atoms with Gasteiger partial charge in [0.1, 0.15) is 11.5 Å². The highest BCUT2D eigenvalue weighted by Gasteiger charge is 2.17. The van der Waals surface area contributed by atoms with Crippen molar-refractivity contribution in [3.63, 3.8) is 0 Å². The van der Waals surface area contributed by atoms with Crippen LogP contribution in [0.2, 0.25) is 0 Å². The maximum absolute atomic E-state index is 9.91. The smallest absolute Gasteiger partial charge is 0.116 e. The molecule has 0 fully saturated rings. The summed E-state index contributed by atoms with van der Waals surface area (Å²) < 4.78 is 0. The van der Waals surface area contributed by atoms with Crippen molar-refractivity contribution in [2.45, 2.75) is 0 Å². The van der Waals surface area contributed by atoms with E-state index in [0.717, 1.165) is 32.7 Å². The monoisotopic (exact) mass is 462 g/mol. The van der Waals surface area contributed by atoms with Crippen LogP contribution in [0.1, 0.15) is 0 Å². The van der Waals surface area contributed by atoms with Crippen LogP contribution in [0.3, 0.4) is 0 Å². The van der Waals surface area contributed by atoms with E-state index in [1.807, 2.05) is 12.1 Å². The summed E-state index contributed by atoms with van der Waals surface area (Å²) in [4.78, 5) is 0. The lowest BCUT2D eigenvalue weighted by atomic mass is 9.85. The maximum atomic E-state index is 9.91. The molecule has 7 rings (SSSR count). The van der Waals surface area contributed by atoms with Crippen LogP contribution in [0.25, 0.3) is 65.3 Å². The van der Waals surface area contributed by atoms with Gasteiger partial charge in [-0.2, -0.15) is 0 Å². The van der Waals surface area contributed by atoms with Gasteiger partial charge >= 0.3 is 0 Å². The van der Waals surface area contributed by atoms with Gasteiger partial charge < -0.3 is 10.2 Å². The fraction of sp³-hybridized carbons (Fsp3) is 0. The highest BCUT2D eigenvalue weighted by Crippen LogP contribution is 2.44. The average molecular weight is 463 g/mol. The molecule has 0 aliphatic rings. The van der Waals surface area contributed by atoms with Crippen LogP contribution in [0.5, 0.6) is 11.5 Å². The van der Waals surface area contributed by atoms with Gasteiger partial charge in [0, 0.05) is 0 Å². The van der Waals surface area contributed by atoms with Crippen molar-refractivity contribution in [2.24, 2.45) is 0 Å². The van der Waals surface area contributed by atoms with Crippen molar-refractivity contribution in [1.82, 2.24) is 0 Å². The topological polar surface area (TPSA) is 40.5 Å². The molecule has 0 unspecified atom stereocenters. The first-order valence-corrected chi connectivity index (χ1v) is 12.1. The Morgan fingerprint density at radius 1 is 0.333 bits per heavy atom. The summed E-state index contributed by atoms with van der Waals surface area (Å²) in [7, 11) is 0. The van der Waals surface area contributed by atoms with Gasteiger partial charge in [-0.15, -0.1) is 0 Å². The predicted octanol–water partition coefficient (Wildman–Crippen LogP) is 9.04. The summed E-state index contributed by atoms with van der Waals surface area (Å²) in [6.45, 7) is 0. The maximum Gasteiger partial charge on any atom is 0.116 e. The van der Waals surface area contributed by atoms with Crippen molar-refractivity contribution in [2.75, 3.05) is 0 Å². The Morgan fingerprint density at radius 3 is 1.06 bits per heavy atom. The Hall–Kier alpha value is -4.82. The minimum atomic E-state index is 0.279. The number of fused-ring (bicyclic) bond motifs is 4. The zero-order valence-corrected chi connectivity index (χ0v) is 19.4. The van der Waals surface area contributed by atoms with Crippen LogP contribution in [0.15, 0.2) is 121 Å². The highest BCUT2D eigenvalue weighted by molar-refractivity contribution is 6.22. The molecule has 0 spiro atoms. The summed E-state index contributed by atoms with van der Waals surface area (Å²) >= 11 is 0. The molecule has 0 aliphatic carbocycles. The number of phenols is 2. The van der Waals surface area contributed by atoms with Crippen LogP contribution in [-0.2, 0) is 0 Å². The normalized spacial score (nSPS) is 11.6. The Bertz CT molecular complexity index is 1770. The molecule has 0 saturated heterocycles. The Balaban J connectivity index is 1.57. The van der Waals surface area contributed by atoms with Gasteiger partial charge in [0.15, 0.2) is 0 Å². The molecular weight excluding hydrogens is 440 g/mol. The molecular formula is C34H22O2. The Morgan fingerprint density at radius 2 is 0.667 bits per heavy atom. The van der Waals surface area contributed by atoms with Crippen molar-refractivity contribution in [1.29, 1.82) is 0 Å². The summed E-state index contributed by atoms with van der Waals surface area (Å²) in [5, 5.41) is 28.9. The van der Waals surface area contributed by atoms with Crippen LogP contribution >= 0.6 is 0 Å². The molecule has 0 amide bonds. The minimum absolute atomic E-state index is 0.279. The molecule has 2 N–H and O–H groups in total. The largest absolute Gasteiger partial charge is 0.508 e. The van der Waals surface area contributed by atoms with E-state index in [1.165, 1.54) is 32.7 Å². The Labute approximate surface area is 208 Å². The second-order valence-electron chi connectivity index (χ2n) is 9.33. The van der Waals surface area contributed by atoms with Gasteiger partial charge in [-0.05, 0) is 102 Å². The van der Waals surface area contributed by atoms with Crippen LogP contribution in [-0.4, -0.2) is 10.2 Å². The SMILES string of the molecule is Oc1ccc2cc(-c3c4ccccc4c(-c4ccc5cc(O)ccc5c4)c4ccccc34)ccc2c1. The number of hydrogen-bond acceptors (Lipinski definition) is 2. The molecule has 0 aliphatic heterocycles. The van der Waals surface area contributed by atoms with E-state index in [9.17, 15) is 10.2 Å². The van der Waals surface area contributed by atoms with Crippen molar-refractivity contribution >= 4 is 43.1 Å². The first-order valence-electron chi connectivity index (χ1n) is 12.1. The third-order valence-corrected chi connectivity index (χ3v) is 7.16. The van der Waals surface area contributed by atoms with Crippen molar-refractivity contribution in [3.05, 3.63) is 121 Å². The van der Waals surface area contributed by atoms with E-state index >= 15 is 0 Å². The molecule has 7 aromatic carbocycles. The second kappa shape index (κ2) is 7.86. The second-order valence-corrected chi connectivity index (χ2v) is 9.33. The van der Waals surface area contributed by atoms with Crippen LogP contribution in [0, 0.1) is 0 Å². The number of hydrogen-bond donors (Lipinski definition) is 2. The zero-order valence-electron chi connectivity index (χ0n) is 19.4. The molecule has 7 aromatic rings. The number of rotatable bonds is 2. The van der Waals surface area contributed by atoms with Crippen LogP contribution in [0.4, 0.5) is 0 Å². The van der Waals surface area contributed by atoms with E-state index in [2.05, 4.69) is 84.9 Å². The molecule has 2 heteroatoms. The zero-order chi connectivity index (χ0) is 24.2. The molecule has 2 nitrogen and oxygen atoms in total. The molecule has 0 bridgehead atoms. The third-order valence-electron chi connectivity index (χ3n) is 7.16. The predicted molar refractivity (Wildman–Crippen MR) is 151 cm³/mol. The molecule has 0 radical (unpaired) electrons. The standard InChI is InChI=1S/C34H22O2/c35-27-15-13-21-17-25(11-9-23(21)19-27)33-29-5-1-2-6-30(29)34(32-8-4-3-7-31(32)33)26-12-10-24-20-28(36)16-14-22(24)18-26/h1-20,35-36H. The molecule has 0 atom stereocenters. The molecule has 170 valence electrons. The lowest BCUT2D eigenvalue weighted by Crippen LogP contribution is -1.91. The van der Waals surface area contributed by atoms with Gasteiger partial charge in [-0.1, -0.05) is 84.9 Å². The lowest BCUT2D eigenvalue weighted by molar-refractivity contribution is 0.475. The number of aromatic hydroxyl groups is 2. The van der Waals surface area contributed by atoms with E-state index in [-0.39, 0.29) is 11.5 Å². The molecule has 0 saturated carbocycles. The molecule has 0 aromatic heterocycles. The van der Waals surface area contributed by atoms with Crippen LogP contribution < -0.4 is 0 Å². The quantitative estimate of drug-likeness (QED) is 0.252. The first-order chi connectivity index (χ1) is 17.7. The van der Waals surface area contributed by atoms with Gasteiger partial charge in [0.05, 0.1) is 0 Å². The first kappa shape index (κ1) is 20.5. The van der Waals surface area contributed by atoms with Gasteiger partial charge in [-0.3, -0.25) is 0 Å². The fourth-order valence-corrected chi connectivity index (χ4v) is 5.53. The summed E-state index contributed by atoms with van der Waals surface area (Å²) in [6, 6.07) is 41.2. The van der Waals surface area contributed by atoms with Crippen molar-refractivity contribution in [3.8, 4) is 33.8 Å². The van der Waals surface area contributed by atoms with E-state index in [0.29, 0.717) is 0 Å². The average Bonchev–Trinajstić information content (AvgIpc) is 2.91. The van der Waals surface area contributed by atoms with E-state index < -0.39 is 0 Å². The fourth-order valence-electron chi connectivity index (χ4n) is 5.53. The van der Waals surface area contributed by atoms with Crippen molar-refractivity contribution < 1.29 is 10.2 Å². The summed E-state index contributed by atoms with van der Waals surface area (Å²) in [5.41, 5.74) is 4.73. The molecule has 36 heavy (non-hydrogen) atoms. The Kier molecular flexibility index (Phi) is 4.49. The minimum Gasteiger partial charge on any atom is -0.508 e. The lowest BCUT2D eigenvalue weighted by Gasteiger charge is -2.18. The molecule has 0 heterocycles. The van der Waals surface area contributed by atoms with E-state index in [4.69, 9.17) is 0 Å². The van der Waals surface area contributed by atoms with E-state index in [1.54, 1.807) is 24.3 Å².